The highest BCUT2D eigenvalue weighted by Crippen LogP contribution is 2.51. The topological polar surface area (TPSA) is 213 Å². The van der Waals surface area contributed by atoms with E-state index in [1.54, 1.807) is 49.3 Å². The van der Waals surface area contributed by atoms with E-state index in [-0.39, 0.29) is 36.3 Å². The Balaban J connectivity index is 1.44. The van der Waals surface area contributed by atoms with Crippen LogP contribution in [0.3, 0.4) is 0 Å². The number of Topliss-reactive ketones (excluding diaryl/α,β-unsaturated/α-hetero) is 5. The molecule has 5 atom stereocenters. The van der Waals surface area contributed by atoms with Gasteiger partial charge in [0.25, 0.3) is 0 Å². The Kier molecular flexibility index (Phi) is 7.62. The molecule has 2 unspecified atom stereocenters. The van der Waals surface area contributed by atoms with Crippen molar-refractivity contribution in [3.63, 3.8) is 0 Å². The van der Waals surface area contributed by atoms with E-state index in [2.05, 4.69) is 10.6 Å². The summed E-state index contributed by atoms with van der Waals surface area (Å²) in [5.74, 6) is -11.1. The number of anilines is 2. The summed E-state index contributed by atoms with van der Waals surface area (Å²) < 4.78 is 0. The van der Waals surface area contributed by atoms with E-state index in [1.165, 1.54) is 6.92 Å². The first-order valence-electron chi connectivity index (χ1n) is 14.0. The van der Waals surface area contributed by atoms with Crippen molar-refractivity contribution in [2.24, 2.45) is 29.4 Å². The summed E-state index contributed by atoms with van der Waals surface area (Å²) in [5.41, 5.74) is 4.43. The van der Waals surface area contributed by atoms with Crippen LogP contribution in [-0.2, 0) is 32.1 Å². The minimum Gasteiger partial charge on any atom is -0.507 e. The van der Waals surface area contributed by atoms with E-state index in [1.807, 2.05) is 0 Å². The van der Waals surface area contributed by atoms with E-state index in [0.717, 1.165) is 0 Å². The smallest absolute Gasteiger partial charge is 0.319 e. The number of nitrogens with one attached hydrogen (secondary N) is 2. The summed E-state index contributed by atoms with van der Waals surface area (Å²) in [7, 11) is 3.45. The average molecular weight is 605 g/mol. The van der Waals surface area contributed by atoms with Crippen molar-refractivity contribution in [2.45, 2.75) is 38.3 Å². The monoisotopic (exact) mass is 604 g/mol. The number of rotatable bonds is 6. The number of carbonyl (C=O) groups is 7. The van der Waals surface area contributed by atoms with Gasteiger partial charge in [0.05, 0.1) is 11.5 Å². The number of amides is 3. The van der Waals surface area contributed by atoms with Gasteiger partial charge in [-0.1, -0.05) is 0 Å². The molecule has 6 N–H and O–H groups in total. The first-order valence-corrected chi connectivity index (χ1v) is 14.0. The molecule has 5 rings (SSSR count). The van der Waals surface area contributed by atoms with E-state index in [9.17, 15) is 43.8 Å². The molecule has 44 heavy (non-hydrogen) atoms. The second kappa shape index (κ2) is 11.0. The van der Waals surface area contributed by atoms with Gasteiger partial charge >= 0.3 is 6.03 Å². The molecule has 0 heterocycles. The zero-order valence-electron chi connectivity index (χ0n) is 24.3. The molecule has 13 nitrogen and oxygen atoms in total. The second-order valence-electron chi connectivity index (χ2n) is 11.8. The van der Waals surface area contributed by atoms with Crippen molar-refractivity contribution in [1.29, 1.82) is 0 Å². The maximum Gasteiger partial charge on any atom is 0.319 e. The molecule has 2 fully saturated rings. The van der Waals surface area contributed by atoms with Gasteiger partial charge in [-0.05, 0) is 61.6 Å². The minimum atomic E-state index is -2.73. The van der Waals surface area contributed by atoms with Crippen LogP contribution in [0.4, 0.5) is 16.2 Å². The molecule has 3 aliphatic carbocycles. The predicted molar refractivity (Wildman–Crippen MR) is 155 cm³/mol. The normalized spacial score (nSPS) is 25.8. The van der Waals surface area contributed by atoms with E-state index in [0.29, 0.717) is 22.5 Å². The third kappa shape index (κ3) is 4.82. The van der Waals surface area contributed by atoms with Crippen LogP contribution in [0.15, 0.2) is 30.3 Å². The lowest BCUT2D eigenvalue weighted by atomic mass is 9.53. The number of ketones is 5. The van der Waals surface area contributed by atoms with Gasteiger partial charge in [0, 0.05) is 55.5 Å². The molecule has 0 radical (unpaired) electrons. The van der Waals surface area contributed by atoms with Crippen molar-refractivity contribution in [1.82, 2.24) is 5.32 Å². The largest absolute Gasteiger partial charge is 0.507 e. The van der Waals surface area contributed by atoms with E-state index >= 15 is 0 Å². The van der Waals surface area contributed by atoms with Crippen LogP contribution in [0.1, 0.15) is 51.6 Å². The van der Waals surface area contributed by atoms with Crippen molar-refractivity contribution in [3.05, 3.63) is 52.6 Å². The maximum atomic E-state index is 14.0. The first-order chi connectivity index (χ1) is 20.7. The van der Waals surface area contributed by atoms with Crippen LogP contribution in [0.25, 0.3) is 0 Å². The van der Waals surface area contributed by atoms with E-state index in [4.69, 9.17) is 5.73 Å². The van der Waals surface area contributed by atoms with Gasteiger partial charge in [0.15, 0.2) is 40.4 Å². The fraction of sp³-hybridized carbons (Fsp3) is 0.387. The number of carbonyl (C=O) groups excluding carboxylic acids is 7. The molecule has 0 spiro atoms. The molecule has 3 aliphatic rings. The fourth-order valence-corrected chi connectivity index (χ4v) is 6.74. The zero-order chi connectivity index (χ0) is 32.2. The highest BCUT2D eigenvalue weighted by molar-refractivity contribution is 6.31. The van der Waals surface area contributed by atoms with Gasteiger partial charge in [-0.3, -0.25) is 28.8 Å². The Morgan fingerprint density at radius 2 is 1.70 bits per heavy atom. The molecule has 2 aromatic rings. The van der Waals surface area contributed by atoms with Gasteiger partial charge in [0.1, 0.15) is 5.75 Å². The van der Waals surface area contributed by atoms with Gasteiger partial charge in [-0.25, -0.2) is 4.79 Å². The number of benzene rings is 2. The lowest BCUT2D eigenvalue weighted by molar-refractivity contribution is -0.175. The average Bonchev–Trinajstić information content (AvgIpc) is 2.94. The number of nitrogens with two attached hydrogens (primary N) is 1. The van der Waals surface area contributed by atoms with Crippen molar-refractivity contribution in [3.8, 4) is 5.75 Å². The molecule has 13 heteroatoms. The molecule has 0 saturated heterocycles. The zero-order valence-corrected chi connectivity index (χ0v) is 24.3. The Hall–Kier alpha value is -4.91. The lowest BCUT2D eigenvalue weighted by Gasteiger charge is -2.48. The number of primary amides is 1. The Morgan fingerprint density at radius 3 is 2.30 bits per heavy atom. The van der Waals surface area contributed by atoms with Crippen molar-refractivity contribution < 1.29 is 43.8 Å². The summed E-state index contributed by atoms with van der Waals surface area (Å²) in [6.07, 6.45) is -0.284. The number of phenolic OH excluding ortho intramolecular Hbond substituents is 1. The third-order valence-corrected chi connectivity index (χ3v) is 8.93. The first kappa shape index (κ1) is 30.5. The molecule has 230 valence electrons. The number of aromatic hydroxyl groups is 1. The summed E-state index contributed by atoms with van der Waals surface area (Å²) in [5, 5.41) is 27.9. The SMILES string of the molecule is CC(=O)c1ccc(NC(=O)NCc2cc(N(C)C)c3c(c2O)C(=O)C2C(=O)[C@]4(O)C(=O)C(C(N)=O)C(=O)C[C@@H]4C[C@@H]2C3)cc1. The molecular weight excluding hydrogens is 572 g/mol. The molecule has 2 saturated carbocycles. The van der Waals surface area contributed by atoms with Gasteiger partial charge in [-0.2, -0.15) is 0 Å². The number of phenols is 1. The van der Waals surface area contributed by atoms with Crippen molar-refractivity contribution >= 4 is 52.2 Å². The molecule has 0 aliphatic heterocycles. The predicted octanol–water partition coefficient (Wildman–Crippen LogP) is 0.917. The number of aliphatic hydroxyl groups is 1. The molecule has 0 bridgehead atoms. The quantitative estimate of drug-likeness (QED) is 0.232. The minimum absolute atomic E-state index is 0.00838. The standard InChI is InChI=1S/C31H32N4O9/c1-13(36)14-4-6-18(7-5-14)34-30(43)33-12-16-10-20(35(2)3)19-9-15-8-17-11-21(37)24(29(32)42)28(41)31(17,44)27(40)22(15)26(39)23(19)25(16)38/h4-7,10,15,17,22,24,38,44H,8-9,11-12H2,1-3H3,(H2,32,42)(H2,33,34,43)/t15-,17+,22?,24?,31+/m1/s1. The van der Waals surface area contributed by atoms with Crippen LogP contribution >= 0.6 is 0 Å². The highest BCUT2D eigenvalue weighted by atomic mass is 16.3. The van der Waals surface area contributed by atoms with E-state index < -0.39 is 76.5 Å². The van der Waals surface area contributed by atoms with Crippen LogP contribution in [0.2, 0.25) is 0 Å². The summed E-state index contributed by atoms with van der Waals surface area (Å²) in [6.45, 7) is 1.21. The van der Waals surface area contributed by atoms with Gasteiger partial charge in [-0.15, -0.1) is 0 Å². The maximum absolute atomic E-state index is 14.0. The number of hydrogen-bond acceptors (Lipinski definition) is 10. The van der Waals surface area contributed by atoms with Gasteiger partial charge in [0.2, 0.25) is 5.91 Å². The molecule has 3 amide bonds. The number of fused-ring (bicyclic) bond motifs is 3. The second-order valence-corrected chi connectivity index (χ2v) is 11.8. The Labute approximate surface area is 251 Å². The van der Waals surface area contributed by atoms with Gasteiger partial charge < -0.3 is 31.5 Å². The third-order valence-electron chi connectivity index (χ3n) is 8.93. The Bertz CT molecular complexity index is 1650. The fourth-order valence-electron chi connectivity index (χ4n) is 6.74. The number of nitrogens with zero attached hydrogens (tertiary/aromatic N) is 1. The molecule has 0 aromatic heterocycles. The lowest BCUT2D eigenvalue weighted by Crippen LogP contribution is -2.68. The summed E-state index contributed by atoms with van der Waals surface area (Å²) in [6, 6.07) is 7.24. The van der Waals surface area contributed by atoms with Crippen molar-refractivity contribution in [2.75, 3.05) is 24.3 Å². The molecular formula is C31H32N4O9. The number of hydrogen-bond donors (Lipinski definition) is 5. The Morgan fingerprint density at radius 1 is 1.05 bits per heavy atom. The summed E-state index contributed by atoms with van der Waals surface area (Å²) in [4.78, 5) is 91.1. The van der Waals surface area contributed by atoms with Crippen LogP contribution in [-0.4, -0.2) is 70.8 Å². The summed E-state index contributed by atoms with van der Waals surface area (Å²) >= 11 is 0. The van der Waals surface area contributed by atoms with Crippen LogP contribution in [0, 0.1) is 23.7 Å². The highest BCUT2D eigenvalue weighted by Gasteiger charge is 2.66. The molecule has 2 aromatic carbocycles. The van der Waals surface area contributed by atoms with Crippen LogP contribution in [0.5, 0.6) is 5.75 Å². The number of urea groups is 1. The van der Waals surface area contributed by atoms with Crippen LogP contribution < -0.4 is 21.3 Å².